The molecule has 0 aliphatic heterocycles. The maximum Gasteiger partial charge on any atom is 0.179 e. The molecule has 9 aromatic rings. The Labute approximate surface area is 289 Å². The minimum Gasteiger partial charge on any atom is -0.255 e. The molecule has 5 heteroatoms. The predicted octanol–water partition coefficient (Wildman–Crippen LogP) is 11.0. The molecule has 0 aliphatic carbocycles. The Morgan fingerprint density at radius 2 is 0.940 bits per heavy atom. The van der Waals surface area contributed by atoms with E-state index in [9.17, 15) is 0 Å². The average Bonchev–Trinajstić information content (AvgIpc) is 3.21. The molecule has 0 saturated carbocycles. The second-order valence-electron chi connectivity index (χ2n) is 12.1. The van der Waals surface area contributed by atoms with E-state index in [0.29, 0.717) is 11.5 Å². The molecule has 0 fully saturated rings. The summed E-state index contributed by atoms with van der Waals surface area (Å²) in [5, 5.41) is 2.02. The summed E-state index contributed by atoms with van der Waals surface area (Å²) in [4.78, 5) is 25.2. The number of nitrogens with zero attached hydrogens (tertiary/aromatic N) is 5. The van der Waals surface area contributed by atoms with E-state index in [1.165, 1.54) is 0 Å². The van der Waals surface area contributed by atoms with Crippen molar-refractivity contribution in [2.24, 2.45) is 0 Å². The zero-order valence-corrected chi connectivity index (χ0v) is 27.0. The number of pyridine rings is 3. The molecule has 0 radical (unpaired) electrons. The van der Waals surface area contributed by atoms with Crippen LogP contribution in [0.4, 0.5) is 0 Å². The highest BCUT2D eigenvalue weighted by Crippen LogP contribution is 2.37. The van der Waals surface area contributed by atoms with Crippen molar-refractivity contribution in [3.8, 4) is 67.7 Å². The molecule has 0 unspecified atom stereocenters. The zero-order valence-electron chi connectivity index (χ0n) is 27.0. The van der Waals surface area contributed by atoms with Crippen LogP contribution in [0.3, 0.4) is 0 Å². The Morgan fingerprint density at radius 3 is 1.70 bits per heavy atom. The highest BCUT2D eigenvalue weighted by molar-refractivity contribution is 6.09. The number of fused-ring (bicyclic) bond motifs is 3. The molecule has 4 heterocycles. The van der Waals surface area contributed by atoms with Gasteiger partial charge >= 0.3 is 0 Å². The molecular formula is C45H29N5. The quantitative estimate of drug-likeness (QED) is 0.169. The first-order valence-electron chi connectivity index (χ1n) is 16.6. The van der Waals surface area contributed by atoms with E-state index in [1.807, 2.05) is 60.7 Å². The van der Waals surface area contributed by atoms with E-state index in [1.54, 1.807) is 6.20 Å². The maximum absolute atomic E-state index is 5.35. The molecule has 0 bridgehead atoms. The van der Waals surface area contributed by atoms with Crippen molar-refractivity contribution >= 4 is 21.8 Å². The Bertz CT molecular complexity index is 2570. The molecule has 5 nitrogen and oxygen atoms in total. The molecule has 9 rings (SSSR count). The van der Waals surface area contributed by atoms with Gasteiger partial charge in [0, 0.05) is 28.1 Å². The van der Waals surface area contributed by atoms with Gasteiger partial charge in [-0.2, -0.15) is 0 Å². The number of aromatic nitrogens is 5. The third-order valence-electron chi connectivity index (χ3n) is 8.94. The van der Waals surface area contributed by atoms with Crippen molar-refractivity contribution in [3.05, 3.63) is 176 Å². The monoisotopic (exact) mass is 639 g/mol. The lowest BCUT2D eigenvalue weighted by Crippen LogP contribution is -1.99. The van der Waals surface area contributed by atoms with Gasteiger partial charge in [-0.1, -0.05) is 133 Å². The fraction of sp³-hybridized carbons (Fsp3) is 0. The van der Waals surface area contributed by atoms with Gasteiger partial charge in [0.15, 0.2) is 5.82 Å². The molecule has 0 N–H and O–H groups in total. The lowest BCUT2D eigenvalue weighted by atomic mass is 9.96. The van der Waals surface area contributed by atoms with Crippen LogP contribution in [0.25, 0.3) is 89.5 Å². The van der Waals surface area contributed by atoms with Gasteiger partial charge in [0.2, 0.25) is 0 Å². The number of hydrogen-bond donors (Lipinski definition) is 0. The molecule has 50 heavy (non-hydrogen) atoms. The largest absolute Gasteiger partial charge is 0.255 e. The van der Waals surface area contributed by atoms with E-state index >= 15 is 0 Å². The van der Waals surface area contributed by atoms with Crippen LogP contribution in [-0.2, 0) is 0 Å². The van der Waals surface area contributed by atoms with E-state index in [0.717, 1.165) is 78.0 Å². The molecule has 0 spiro atoms. The van der Waals surface area contributed by atoms with Crippen molar-refractivity contribution in [1.82, 2.24) is 24.9 Å². The summed E-state index contributed by atoms with van der Waals surface area (Å²) >= 11 is 0. The SMILES string of the molecule is c1ccc(-c2cccc(-c3cc(-c4ccccc4)c4ccc5ccc(-c6nc(-c7ccccc7)cc(-c7ccccn7)n6)nc5c4n3)c2)cc1. The van der Waals surface area contributed by atoms with Gasteiger partial charge in [0.05, 0.1) is 33.8 Å². The summed E-state index contributed by atoms with van der Waals surface area (Å²) in [5.74, 6) is 0.529. The van der Waals surface area contributed by atoms with Crippen LogP contribution >= 0.6 is 0 Å². The summed E-state index contributed by atoms with van der Waals surface area (Å²) in [7, 11) is 0. The normalized spacial score (nSPS) is 11.2. The van der Waals surface area contributed by atoms with Crippen LogP contribution in [0, 0.1) is 0 Å². The van der Waals surface area contributed by atoms with Crippen LogP contribution in [-0.4, -0.2) is 24.9 Å². The molecule has 234 valence electrons. The molecular weight excluding hydrogens is 611 g/mol. The van der Waals surface area contributed by atoms with Crippen LogP contribution in [0.1, 0.15) is 0 Å². The molecule has 5 aromatic carbocycles. The van der Waals surface area contributed by atoms with E-state index < -0.39 is 0 Å². The third-order valence-corrected chi connectivity index (χ3v) is 8.94. The van der Waals surface area contributed by atoms with Crippen molar-refractivity contribution in [3.63, 3.8) is 0 Å². The first-order chi connectivity index (χ1) is 24.8. The second-order valence-corrected chi connectivity index (χ2v) is 12.1. The van der Waals surface area contributed by atoms with Crippen LogP contribution in [0.15, 0.2) is 176 Å². The van der Waals surface area contributed by atoms with Gasteiger partial charge in [-0.3, -0.25) is 4.98 Å². The number of benzene rings is 5. The molecule has 0 aliphatic rings. The minimum atomic E-state index is 0.529. The summed E-state index contributed by atoms with van der Waals surface area (Å²) in [6, 6.07) is 58.0. The van der Waals surface area contributed by atoms with Crippen molar-refractivity contribution < 1.29 is 0 Å². The Morgan fingerprint density at radius 1 is 0.320 bits per heavy atom. The van der Waals surface area contributed by atoms with Crippen molar-refractivity contribution in [2.75, 3.05) is 0 Å². The smallest absolute Gasteiger partial charge is 0.179 e. The highest BCUT2D eigenvalue weighted by Gasteiger charge is 2.17. The van der Waals surface area contributed by atoms with E-state index in [-0.39, 0.29) is 0 Å². The van der Waals surface area contributed by atoms with Gasteiger partial charge < -0.3 is 0 Å². The summed E-state index contributed by atoms with van der Waals surface area (Å²) < 4.78 is 0. The van der Waals surface area contributed by atoms with Crippen molar-refractivity contribution in [1.29, 1.82) is 0 Å². The molecule has 0 atom stereocenters. The van der Waals surface area contributed by atoms with Gasteiger partial charge in [0.25, 0.3) is 0 Å². The highest BCUT2D eigenvalue weighted by atomic mass is 14.9. The van der Waals surface area contributed by atoms with Gasteiger partial charge in [-0.25, -0.2) is 19.9 Å². The summed E-state index contributed by atoms with van der Waals surface area (Å²) in [5.41, 5.74) is 12.1. The lowest BCUT2D eigenvalue weighted by Gasteiger charge is -2.14. The maximum atomic E-state index is 5.35. The van der Waals surface area contributed by atoms with Crippen molar-refractivity contribution in [2.45, 2.75) is 0 Å². The minimum absolute atomic E-state index is 0.529. The van der Waals surface area contributed by atoms with Gasteiger partial charge in [-0.05, 0) is 58.7 Å². The second kappa shape index (κ2) is 12.6. The predicted molar refractivity (Wildman–Crippen MR) is 203 cm³/mol. The summed E-state index contributed by atoms with van der Waals surface area (Å²) in [6.45, 7) is 0. The molecule has 0 amide bonds. The first kappa shape index (κ1) is 29.3. The molecule has 0 saturated heterocycles. The average molecular weight is 640 g/mol. The fourth-order valence-corrected chi connectivity index (χ4v) is 6.45. The Hall–Kier alpha value is -6.85. The fourth-order valence-electron chi connectivity index (χ4n) is 6.45. The number of hydrogen-bond acceptors (Lipinski definition) is 5. The first-order valence-corrected chi connectivity index (χ1v) is 16.6. The molecule has 4 aromatic heterocycles. The van der Waals surface area contributed by atoms with Gasteiger partial charge in [-0.15, -0.1) is 0 Å². The Balaban J connectivity index is 1.27. The topological polar surface area (TPSA) is 64.5 Å². The standard InChI is InChI=1S/C45H29N5/c1-4-13-30(14-5-1)34-19-12-20-35(27-34)40-28-37(31-15-6-2-7-16-31)36-24-22-33-23-25-39(47-43(33)44(36)48-40)45-49-41(32-17-8-3-9-18-32)29-42(50-45)38-21-10-11-26-46-38/h1-29H. The zero-order chi connectivity index (χ0) is 33.3. The number of rotatable bonds is 6. The van der Waals surface area contributed by atoms with Crippen LogP contribution in [0.2, 0.25) is 0 Å². The van der Waals surface area contributed by atoms with Crippen LogP contribution < -0.4 is 0 Å². The van der Waals surface area contributed by atoms with E-state index in [4.69, 9.17) is 19.9 Å². The summed E-state index contributed by atoms with van der Waals surface area (Å²) in [6.07, 6.45) is 1.78. The Kier molecular flexibility index (Phi) is 7.41. The lowest BCUT2D eigenvalue weighted by molar-refractivity contribution is 1.14. The third kappa shape index (κ3) is 5.57. The van der Waals surface area contributed by atoms with E-state index in [2.05, 4.69) is 114 Å². The van der Waals surface area contributed by atoms with Crippen LogP contribution in [0.5, 0.6) is 0 Å². The van der Waals surface area contributed by atoms with Gasteiger partial charge in [0.1, 0.15) is 5.69 Å².